The first-order valence-corrected chi connectivity index (χ1v) is 6.89. The lowest BCUT2D eigenvalue weighted by Gasteiger charge is -2.30. The van der Waals surface area contributed by atoms with Crippen molar-refractivity contribution in [3.05, 3.63) is 31.5 Å². The normalized spacial score (nSPS) is 17.4. The van der Waals surface area contributed by atoms with Crippen molar-refractivity contribution in [2.24, 2.45) is 0 Å². The molecule has 0 amide bonds. The van der Waals surface area contributed by atoms with Crippen molar-refractivity contribution in [3.63, 3.8) is 0 Å². The number of hydrogen-bond acceptors (Lipinski definition) is 6. The summed E-state index contributed by atoms with van der Waals surface area (Å²) >= 11 is 32.1. The number of aromatic nitrogens is 3. The lowest BCUT2D eigenvalue weighted by Crippen LogP contribution is -2.47. The summed E-state index contributed by atoms with van der Waals surface area (Å²) in [6, 6.07) is 0. The predicted octanol–water partition coefficient (Wildman–Crippen LogP) is 0.417. The second-order valence-corrected chi connectivity index (χ2v) is 5.95. The fraction of sp³-hybridized carbons (Fsp3) is 0.500. The van der Waals surface area contributed by atoms with E-state index in [9.17, 15) is 14.4 Å². The molecule has 0 saturated carbocycles. The molecule has 1 fully saturated rings. The SMILES string of the molecule is ClN1CN(Cl)CN(Cl)C1.O=c1n(Cl)c(=O)n(Cl)c(=O)n1Cl. The molecule has 1 aliphatic rings. The minimum atomic E-state index is -1.16. The number of halogens is 6. The van der Waals surface area contributed by atoms with Crippen molar-refractivity contribution in [1.29, 1.82) is 0 Å². The molecule has 15 heteroatoms. The van der Waals surface area contributed by atoms with Crippen molar-refractivity contribution < 1.29 is 0 Å². The highest BCUT2D eigenvalue weighted by molar-refractivity contribution is 6.19. The van der Waals surface area contributed by atoms with Crippen molar-refractivity contribution in [2.75, 3.05) is 20.0 Å². The average molecular weight is 423 g/mol. The standard InChI is InChI=1S/C3Cl3N3O3.C3H6Cl3N3/c4-7-1(10)8(5)3(12)9(6)2(7)11;4-7-1-8(5)3-9(6)2-7/h;1-3H2. The van der Waals surface area contributed by atoms with Crippen LogP contribution in [0.15, 0.2) is 14.4 Å². The molecule has 1 aliphatic heterocycles. The highest BCUT2D eigenvalue weighted by Gasteiger charge is 2.18. The largest absolute Gasteiger partial charge is 0.366 e. The molecule has 0 spiro atoms. The van der Waals surface area contributed by atoms with Gasteiger partial charge in [0.2, 0.25) is 0 Å². The second-order valence-electron chi connectivity index (χ2n) is 3.50. The van der Waals surface area contributed by atoms with Crippen LogP contribution in [0.4, 0.5) is 0 Å². The molecule has 0 atom stereocenters. The molecule has 0 aliphatic carbocycles. The van der Waals surface area contributed by atoms with Crippen LogP contribution in [-0.2, 0) is 0 Å². The predicted molar refractivity (Wildman–Crippen MR) is 80.7 cm³/mol. The first-order chi connectivity index (χ1) is 9.65. The van der Waals surface area contributed by atoms with Gasteiger partial charge in [-0.15, -0.1) is 12.3 Å². The lowest BCUT2D eigenvalue weighted by atomic mass is 10.8. The van der Waals surface area contributed by atoms with Gasteiger partial charge < -0.3 is 0 Å². The fourth-order valence-electron chi connectivity index (χ4n) is 1.11. The van der Waals surface area contributed by atoms with Gasteiger partial charge in [0.15, 0.2) is 0 Å². The molecular weight excluding hydrogens is 417 g/mol. The van der Waals surface area contributed by atoms with Gasteiger partial charge >= 0.3 is 17.1 Å². The van der Waals surface area contributed by atoms with E-state index in [1.165, 1.54) is 13.3 Å². The molecule has 1 aromatic rings. The summed E-state index contributed by atoms with van der Waals surface area (Å²) < 4.78 is 4.72. The molecule has 1 aromatic heterocycles. The Hall–Kier alpha value is 0.0300. The molecule has 0 radical (unpaired) electrons. The summed E-state index contributed by atoms with van der Waals surface area (Å²) in [6.45, 7) is 1.60. The maximum atomic E-state index is 10.8. The van der Waals surface area contributed by atoms with Crippen LogP contribution >= 0.6 is 70.7 Å². The third kappa shape index (κ3) is 5.02. The van der Waals surface area contributed by atoms with Crippen LogP contribution in [0.5, 0.6) is 0 Å². The molecular formula is C6H6Cl6N6O3. The zero-order valence-corrected chi connectivity index (χ0v) is 14.3. The molecule has 1 saturated heterocycles. The Labute approximate surface area is 147 Å². The summed E-state index contributed by atoms with van der Waals surface area (Å²) in [7, 11) is 0. The van der Waals surface area contributed by atoms with Crippen LogP contribution in [-0.4, -0.2) is 45.5 Å². The lowest BCUT2D eigenvalue weighted by molar-refractivity contribution is 0.137. The van der Waals surface area contributed by atoms with Gasteiger partial charge in [-0.3, -0.25) is 0 Å². The van der Waals surface area contributed by atoms with E-state index >= 15 is 0 Å². The highest BCUT2D eigenvalue weighted by atomic mass is 35.5. The van der Waals surface area contributed by atoms with Crippen LogP contribution in [0, 0.1) is 0 Å². The van der Waals surface area contributed by atoms with Crippen molar-refractivity contribution in [2.45, 2.75) is 0 Å². The quantitative estimate of drug-likeness (QED) is 0.564. The molecule has 21 heavy (non-hydrogen) atoms. The van der Waals surface area contributed by atoms with E-state index < -0.39 is 17.1 Å². The maximum absolute atomic E-state index is 10.8. The fourth-order valence-corrected chi connectivity index (χ4v) is 2.62. The monoisotopic (exact) mass is 420 g/mol. The van der Waals surface area contributed by atoms with Crippen molar-refractivity contribution >= 4 is 70.7 Å². The van der Waals surface area contributed by atoms with Gasteiger partial charge in [-0.2, -0.15) is 13.3 Å². The van der Waals surface area contributed by atoms with Gasteiger partial charge in [-0.1, -0.05) is 0 Å². The van der Waals surface area contributed by atoms with E-state index in [1.807, 2.05) is 0 Å². The van der Waals surface area contributed by atoms with Gasteiger partial charge in [0.25, 0.3) is 0 Å². The van der Waals surface area contributed by atoms with Crippen LogP contribution in [0.25, 0.3) is 0 Å². The Morgan fingerprint density at radius 3 is 0.905 bits per heavy atom. The summed E-state index contributed by atoms with van der Waals surface area (Å²) in [5.41, 5.74) is -3.49. The van der Waals surface area contributed by atoms with E-state index in [2.05, 4.69) is 0 Å². The van der Waals surface area contributed by atoms with E-state index in [0.29, 0.717) is 20.0 Å². The average Bonchev–Trinajstić information content (AvgIpc) is 2.40. The Balaban J connectivity index is 0.000000219. The summed E-state index contributed by atoms with van der Waals surface area (Å²) in [6.07, 6.45) is 0. The first kappa shape index (κ1) is 19.1. The zero-order valence-electron chi connectivity index (χ0n) is 9.80. The topological polar surface area (TPSA) is 75.7 Å². The molecule has 0 unspecified atom stereocenters. The third-order valence-corrected chi connectivity index (χ3v) is 3.44. The van der Waals surface area contributed by atoms with Crippen LogP contribution in [0.2, 0.25) is 0 Å². The summed E-state index contributed by atoms with van der Waals surface area (Å²) in [5.74, 6) is 0. The molecule has 0 aromatic carbocycles. The highest BCUT2D eigenvalue weighted by Crippen LogP contribution is 2.12. The van der Waals surface area contributed by atoms with Gasteiger partial charge in [-0.25, -0.2) is 14.4 Å². The zero-order chi connectivity index (χ0) is 16.3. The van der Waals surface area contributed by atoms with Crippen LogP contribution < -0.4 is 17.1 Å². The summed E-state index contributed by atoms with van der Waals surface area (Å²) in [5, 5.41) is 0. The number of hydrogen-bond donors (Lipinski definition) is 0. The van der Waals surface area contributed by atoms with Gasteiger partial charge in [0.1, 0.15) is 0 Å². The van der Waals surface area contributed by atoms with Crippen molar-refractivity contribution in [3.8, 4) is 0 Å². The van der Waals surface area contributed by atoms with E-state index in [4.69, 9.17) is 70.7 Å². The second kappa shape index (κ2) is 8.04. The van der Waals surface area contributed by atoms with Crippen molar-refractivity contribution in [1.82, 2.24) is 25.5 Å². The molecule has 2 rings (SSSR count). The van der Waals surface area contributed by atoms with E-state index in [1.54, 1.807) is 0 Å². The Kier molecular flexibility index (Phi) is 7.31. The number of nitrogens with zero attached hydrogens (tertiary/aromatic N) is 6. The van der Waals surface area contributed by atoms with Crippen LogP contribution in [0.1, 0.15) is 0 Å². The smallest absolute Gasteiger partial charge is 0.244 e. The minimum Gasteiger partial charge on any atom is -0.244 e. The van der Waals surface area contributed by atoms with E-state index in [0.717, 1.165) is 0 Å². The molecule has 2 heterocycles. The summed E-state index contributed by atoms with van der Waals surface area (Å²) in [4.78, 5) is 32.3. The minimum absolute atomic E-state index is 0.0847. The molecule has 9 nitrogen and oxygen atoms in total. The van der Waals surface area contributed by atoms with Gasteiger partial charge in [-0.05, 0) is 35.3 Å². The Bertz CT molecular complexity index is 544. The van der Waals surface area contributed by atoms with Crippen LogP contribution in [0.3, 0.4) is 0 Å². The maximum Gasteiger partial charge on any atom is 0.366 e. The van der Waals surface area contributed by atoms with Gasteiger partial charge in [0, 0.05) is 35.3 Å². The molecule has 120 valence electrons. The van der Waals surface area contributed by atoms with Gasteiger partial charge in [0.05, 0.1) is 20.0 Å². The number of rotatable bonds is 0. The Morgan fingerprint density at radius 1 is 0.524 bits per heavy atom. The molecule has 0 bridgehead atoms. The Morgan fingerprint density at radius 2 is 0.714 bits per heavy atom. The first-order valence-electron chi connectivity index (χ1n) is 4.87. The van der Waals surface area contributed by atoms with E-state index in [-0.39, 0.29) is 12.3 Å². The molecule has 0 N–H and O–H groups in total. The third-order valence-electron chi connectivity index (χ3n) is 1.93.